The summed E-state index contributed by atoms with van der Waals surface area (Å²) in [5.74, 6) is 0.789. The lowest BCUT2D eigenvalue weighted by Gasteiger charge is -1.96. The number of imidazole rings is 2. The average molecular weight is 281 g/mol. The molecule has 4 nitrogen and oxygen atoms in total. The predicted molar refractivity (Wildman–Crippen MR) is 80.4 cm³/mol. The van der Waals surface area contributed by atoms with Crippen LogP contribution < -0.4 is 0 Å². The van der Waals surface area contributed by atoms with Crippen LogP contribution in [-0.4, -0.2) is 20.2 Å². The van der Waals surface area contributed by atoms with Crippen LogP contribution in [0.25, 0.3) is 27.4 Å². The van der Waals surface area contributed by atoms with Gasteiger partial charge in [-0.1, -0.05) is 18.2 Å². The van der Waals surface area contributed by atoms with Crippen molar-refractivity contribution in [3.63, 3.8) is 0 Å². The number of rotatable bonds is 2. The number of aryl methyl sites for hydroxylation is 1. The van der Waals surface area contributed by atoms with Crippen LogP contribution in [0.1, 0.15) is 10.5 Å². The molecule has 0 aliphatic rings. The number of nitrogens with zero attached hydrogens (tertiary/aromatic N) is 3. The van der Waals surface area contributed by atoms with Crippen LogP contribution >= 0.6 is 11.3 Å². The van der Waals surface area contributed by atoms with Gasteiger partial charge in [0.1, 0.15) is 11.4 Å². The predicted octanol–water partition coefficient (Wildman–Crippen LogP) is 3.37. The molecule has 0 radical (unpaired) electrons. The molecule has 0 saturated heterocycles. The second-order valence-corrected chi connectivity index (χ2v) is 5.57. The van der Waals surface area contributed by atoms with Gasteiger partial charge in [-0.2, -0.15) is 0 Å². The molecule has 5 heteroatoms. The van der Waals surface area contributed by atoms with Crippen molar-refractivity contribution in [2.75, 3.05) is 0 Å². The SMILES string of the molecule is Cn1c2ccccc2n2c(C=O)c(-c3cccs3)nc12. The highest BCUT2D eigenvalue weighted by molar-refractivity contribution is 7.13. The summed E-state index contributed by atoms with van der Waals surface area (Å²) in [6, 6.07) is 12.0. The first-order valence-corrected chi connectivity index (χ1v) is 7.14. The molecule has 3 heterocycles. The lowest BCUT2D eigenvalue weighted by Crippen LogP contribution is -1.90. The molecule has 3 aromatic heterocycles. The summed E-state index contributed by atoms with van der Waals surface area (Å²) in [4.78, 5) is 17.3. The molecule has 0 aliphatic carbocycles. The van der Waals surface area contributed by atoms with Crippen molar-refractivity contribution in [1.29, 1.82) is 0 Å². The Balaban J connectivity index is 2.20. The number of carbonyl (C=O) groups is 1. The molecular weight excluding hydrogens is 270 g/mol. The van der Waals surface area contributed by atoms with Crippen LogP contribution in [0.2, 0.25) is 0 Å². The van der Waals surface area contributed by atoms with Gasteiger partial charge in [0.15, 0.2) is 6.29 Å². The first-order valence-electron chi connectivity index (χ1n) is 6.26. The molecule has 0 spiro atoms. The molecule has 0 amide bonds. The number of thiophene rings is 1. The van der Waals surface area contributed by atoms with E-state index < -0.39 is 0 Å². The van der Waals surface area contributed by atoms with Crippen molar-refractivity contribution >= 4 is 34.4 Å². The van der Waals surface area contributed by atoms with E-state index in [0.717, 1.165) is 33.7 Å². The van der Waals surface area contributed by atoms with Crippen molar-refractivity contribution in [2.45, 2.75) is 0 Å². The Morgan fingerprint density at radius 3 is 2.65 bits per heavy atom. The van der Waals surface area contributed by atoms with Gasteiger partial charge in [0.2, 0.25) is 5.78 Å². The Morgan fingerprint density at radius 2 is 1.95 bits per heavy atom. The molecule has 0 saturated carbocycles. The monoisotopic (exact) mass is 281 g/mol. The summed E-state index contributed by atoms with van der Waals surface area (Å²) >= 11 is 1.59. The van der Waals surface area contributed by atoms with Crippen molar-refractivity contribution in [3.05, 3.63) is 47.5 Å². The Morgan fingerprint density at radius 1 is 1.15 bits per heavy atom. The fraction of sp³-hybridized carbons (Fsp3) is 0.0667. The van der Waals surface area contributed by atoms with E-state index in [9.17, 15) is 4.79 Å². The number of benzene rings is 1. The second kappa shape index (κ2) is 4.05. The molecule has 0 fully saturated rings. The van der Waals surface area contributed by atoms with Gasteiger partial charge < -0.3 is 4.57 Å². The van der Waals surface area contributed by atoms with E-state index in [1.807, 2.05) is 57.8 Å². The molecule has 0 unspecified atom stereocenters. The zero-order valence-corrected chi connectivity index (χ0v) is 11.6. The van der Waals surface area contributed by atoms with E-state index in [2.05, 4.69) is 4.98 Å². The third-order valence-corrected chi connectivity index (χ3v) is 4.42. The van der Waals surface area contributed by atoms with Crippen molar-refractivity contribution in [3.8, 4) is 10.6 Å². The number of aromatic nitrogens is 3. The zero-order valence-electron chi connectivity index (χ0n) is 10.8. The Kier molecular flexibility index (Phi) is 2.31. The number of fused-ring (bicyclic) bond motifs is 3. The van der Waals surface area contributed by atoms with Crippen molar-refractivity contribution < 1.29 is 4.79 Å². The van der Waals surface area contributed by atoms with Crippen LogP contribution in [0, 0.1) is 0 Å². The first-order chi connectivity index (χ1) is 9.81. The standard InChI is InChI=1S/C15H11N3OS/c1-17-10-5-2-3-6-11(10)18-12(9-19)14(16-15(17)18)13-7-4-8-20-13/h2-9H,1H3. The number of carbonyl (C=O) groups excluding carboxylic acids is 1. The molecule has 0 atom stereocenters. The van der Waals surface area contributed by atoms with Crippen LogP contribution in [-0.2, 0) is 7.05 Å². The lowest BCUT2D eigenvalue weighted by atomic mass is 10.2. The van der Waals surface area contributed by atoms with E-state index in [1.165, 1.54) is 0 Å². The minimum Gasteiger partial charge on any atom is -0.313 e. The topological polar surface area (TPSA) is 39.3 Å². The van der Waals surface area contributed by atoms with Crippen LogP contribution in [0.15, 0.2) is 41.8 Å². The normalized spacial score (nSPS) is 11.4. The molecule has 0 aliphatic heterocycles. The number of hydrogen-bond acceptors (Lipinski definition) is 3. The van der Waals surface area contributed by atoms with Gasteiger partial charge in [0.25, 0.3) is 0 Å². The number of para-hydroxylation sites is 2. The maximum absolute atomic E-state index is 11.6. The third kappa shape index (κ3) is 1.35. The lowest BCUT2D eigenvalue weighted by molar-refractivity contribution is 0.111. The van der Waals surface area contributed by atoms with Gasteiger partial charge in [-0.25, -0.2) is 4.98 Å². The molecule has 0 N–H and O–H groups in total. The number of hydrogen-bond donors (Lipinski definition) is 0. The second-order valence-electron chi connectivity index (χ2n) is 4.62. The third-order valence-electron chi connectivity index (χ3n) is 3.55. The van der Waals surface area contributed by atoms with E-state index >= 15 is 0 Å². The maximum Gasteiger partial charge on any atom is 0.215 e. The Bertz CT molecular complexity index is 931. The Hall–Kier alpha value is -2.40. The quantitative estimate of drug-likeness (QED) is 0.528. The highest BCUT2D eigenvalue weighted by Gasteiger charge is 2.19. The summed E-state index contributed by atoms with van der Waals surface area (Å²) in [5, 5.41) is 1.99. The molecule has 0 bridgehead atoms. The van der Waals surface area contributed by atoms with Crippen molar-refractivity contribution in [2.24, 2.45) is 7.05 Å². The summed E-state index contributed by atoms with van der Waals surface area (Å²) in [6.07, 6.45) is 0.890. The average Bonchev–Trinajstić information content (AvgIpc) is 3.16. The highest BCUT2D eigenvalue weighted by atomic mass is 32.1. The minimum atomic E-state index is 0.610. The summed E-state index contributed by atoms with van der Waals surface area (Å²) in [6.45, 7) is 0. The van der Waals surface area contributed by atoms with E-state index in [-0.39, 0.29) is 0 Å². The van der Waals surface area contributed by atoms with E-state index in [0.29, 0.717) is 5.69 Å². The molecule has 4 aromatic rings. The van der Waals surface area contributed by atoms with Gasteiger partial charge in [0.05, 0.1) is 15.9 Å². The molecule has 20 heavy (non-hydrogen) atoms. The van der Waals surface area contributed by atoms with Gasteiger partial charge in [0, 0.05) is 7.05 Å². The van der Waals surface area contributed by atoms with Gasteiger partial charge in [-0.3, -0.25) is 9.20 Å². The summed E-state index contributed by atoms with van der Waals surface area (Å²) < 4.78 is 3.94. The minimum absolute atomic E-state index is 0.610. The van der Waals surface area contributed by atoms with E-state index in [4.69, 9.17) is 0 Å². The molecular formula is C15H11N3OS. The van der Waals surface area contributed by atoms with Crippen molar-refractivity contribution in [1.82, 2.24) is 14.0 Å². The summed E-state index contributed by atoms with van der Waals surface area (Å²) in [7, 11) is 1.97. The molecule has 1 aromatic carbocycles. The number of aldehydes is 1. The maximum atomic E-state index is 11.6. The zero-order chi connectivity index (χ0) is 13.7. The first kappa shape index (κ1) is 11.4. The van der Waals surface area contributed by atoms with Crippen LogP contribution in [0.4, 0.5) is 0 Å². The van der Waals surface area contributed by atoms with Crippen LogP contribution in [0.3, 0.4) is 0 Å². The summed E-state index contributed by atoms with van der Waals surface area (Å²) in [5.41, 5.74) is 3.43. The molecule has 98 valence electrons. The van der Waals surface area contributed by atoms with Crippen LogP contribution in [0.5, 0.6) is 0 Å². The van der Waals surface area contributed by atoms with Gasteiger partial charge in [-0.05, 0) is 23.6 Å². The molecule has 4 rings (SSSR count). The van der Waals surface area contributed by atoms with Gasteiger partial charge in [-0.15, -0.1) is 11.3 Å². The van der Waals surface area contributed by atoms with Gasteiger partial charge >= 0.3 is 0 Å². The smallest absolute Gasteiger partial charge is 0.215 e. The highest BCUT2D eigenvalue weighted by Crippen LogP contribution is 2.30. The fourth-order valence-electron chi connectivity index (χ4n) is 2.63. The Labute approximate surface area is 118 Å². The fourth-order valence-corrected chi connectivity index (χ4v) is 3.35. The largest absolute Gasteiger partial charge is 0.313 e. The van der Waals surface area contributed by atoms with E-state index in [1.54, 1.807) is 11.3 Å².